The predicted octanol–water partition coefficient (Wildman–Crippen LogP) is -0.351. The predicted molar refractivity (Wildman–Crippen MR) is 106 cm³/mol. The summed E-state index contributed by atoms with van der Waals surface area (Å²) in [4.78, 5) is 45.8. The van der Waals surface area contributed by atoms with Crippen LogP contribution in [-0.2, 0) is 55.4 Å². The second kappa shape index (κ2) is 12.2. The lowest BCUT2D eigenvalue weighted by molar-refractivity contribution is -0.385. The molecule has 0 aromatic heterocycles. The largest absolute Gasteiger partial charge is 0.462 e. The summed E-state index contributed by atoms with van der Waals surface area (Å²) in [6.45, 7) is -1.33. The number of esters is 3. The van der Waals surface area contributed by atoms with E-state index in [4.69, 9.17) is 13.8 Å². The van der Waals surface area contributed by atoms with Gasteiger partial charge >= 0.3 is 17.9 Å². The molecule has 0 amide bonds. The fraction of sp³-hybridized carbons (Fsp3) is 0.438. The highest BCUT2D eigenvalue weighted by molar-refractivity contribution is 7.86. The first-order valence-electron chi connectivity index (χ1n) is 8.82. The van der Waals surface area contributed by atoms with Gasteiger partial charge in [0.05, 0.1) is 10.5 Å². The van der Waals surface area contributed by atoms with E-state index in [-0.39, 0.29) is 11.3 Å². The van der Waals surface area contributed by atoms with Gasteiger partial charge in [0.1, 0.15) is 19.0 Å². The molecule has 0 bridgehead atoms. The third kappa shape index (κ3) is 11.9. The summed E-state index contributed by atoms with van der Waals surface area (Å²) in [5, 5.41) is 11.0. The minimum atomic E-state index is -4.80. The van der Waals surface area contributed by atoms with Gasteiger partial charge in [0, 0.05) is 18.9 Å². The van der Waals surface area contributed by atoms with Gasteiger partial charge in [-0.1, -0.05) is 12.1 Å². The van der Waals surface area contributed by atoms with Crippen LogP contribution in [0.4, 0.5) is 5.69 Å². The number of para-hydroxylation sites is 1. The second-order valence-electron chi connectivity index (χ2n) is 6.24. The number of benzene rings is 1. The van der Waals surface area contributed by atoms with Crippen LogP contribution in [0.5, 0.6) is 0 Å². The van der Waals surface area contributed by atoms with Gasteiger partial charge in [-0.3, -0.25) is 28.8 Å². The Labute approximate surface area is 187 Å². The van der Waals surface area contributed by atoms with Gasteiger partial charge in [-0.25, -0.2) is 4.79 Å². The molecule has 2 N–H and O–H groups in total. The molecule has 0 aliphatic rings. The van der Waals surface area contributed by atoms with E-state index in [1.165, 1.54) is 24.3 Å². The minimum Gasteiger partial charge on any atom is -0.462 e. The molecule has 0 radical (unpaired) electrons. The Morgan fingerprint density at radius 3 is 2.21 bits per heavy atom. The zero-order valence-corrected chi connectivity index (χ0v) is 18.3. The van der Waals surface area contributed by atoms with Crippen LogP contribution in [0.25, 0.3) is 0 Å². The van der Waals surface area contributed by atoms with Crippen LogP contribution in [0.1, 0.15) is 18.4 Å². The quantitative estimate of drug-likeness (QED) is 0.113. The SMILES string of the molecule is O=C(CCC(OC(=O)CS(=O)(=O)O)C(=O)OCCS(=O)(=O)O)OCc1ccccc1[N+](=O)[O-]. The highest BCUT2D eigenvalue weighted by Crippen LogP contribution is 2.19. The van der Waals surface area contributed by atoms with E-state index in [0.29, 0.717) is 0 Å². The van der Waals surface area contributed by atoms with E-state index in [1.54, 1.807) is 0 Å². The molecule has 0 saturated heterocycles. The number of nitro groups is 1. The monoisotopic (exact) mass is 513 g/mol. The first-order valence-corrected chi connectivity index (χ1v) is 12.0. The Kier molecular flexibility index (Phi) is 10.3. The maximum atomic E-state index is 12.0. The third-order valence-corrected chi connectivity index (χ3v) is 4.89. The van der Waals surface area contributed by atoms with Crippen molar-refractivity contribution in [3.05, 3.63) is 39.9 Å². The van der Waals surface area contributed by atoms with Crippen molar-refractivity contribution in [3.63, 3.8) is 0 Å². The number of hydrogen-bond acceptors (Lipinski definition) is 12. The highest BCUT2D eigenvalue weighted by Gasteiger charge is 2.28. The molecule has 184 valence electrons. The molecular weight excluding hydrogens is 494 g/mol. The Morgan fingerprint density at radius 1 is 1.00 bits per heavy atom. The van der Waals surface area contributed by atoms with Gasteiger partial charge in [-0.05, 0) is 6.07 Å². The van der Waals surface area contributed by atoms with Crippen LogP contribution in [0.2, 0.25) is 0 Å². The molecule has 15 nitrogen and oxygen atoms in total. The zero-order valence-electron chi connectivity index (χ0n) is 16.7. The van der Waals surface area contributed by atoms with Crippen LogP contribution in [0.15, 0.2) is 24.3 Å². The molecule has 1 unspecified atom stereocenters. The molecule has 0 fully saturated rings. The summed E-state index contributed by atoms with van der Waals surface area (Å²) >= 11 is 0. The number of carbonyl (C=O) groups is 3. The Balaban J connectivity index is 2.75. The molecule has 0 aliphatic carbocycles. The lowest BCUT2D eigenvalue weighted by Gasteiger charge is -2.16. The van der Waals surface area contributed by atoms with Crippen LogP contribution in [0, 0.1) is 10.1 Å². The molecule has 0 saturated carbocycles. The van der Waals surface area contributed by atoms with E-state index in [0.717, 1.165) is 0 Å². The van der Waals surface area contributed by atoms with E-state index in [1.807, 2.05) is 0 Å². The van der Waals surface area contributed by atoms with Crippen LogP contribution < -0.4 is 0 Å². The fourth-order valence-electron chi connectivity index (χ4n) is 2.20. The van der Waals surface area contributed by atoms with Gasteiger partial charge in [0.2, 0.25) is 0 Å². The number of rotatable bonds is 13. The van der Waals surface area contributed by atoms with Gasteiger partial charge in [0.25, 0.3) is 25.9 Å². The summed E-state index contributed by atoms with van der Waals surface area (Å²) in [6, 6.07) is 5.42. The maximum absolute atomic E-state index is 12.0. The molecule has 0 heterocycles. The summed E-state index contributed by atoms with van der Waals surface area (Å²) in [6.07, 6.45) is -3.09. The standard InChI is InChI=1S/C16H19NO14S2/c18-14(30-9-11-3-1-2-4-12(11)17(21)22)6-5-13(31-15(19)10-33(26,27)28)16(20)29-7-8-32(23,24)25/h1-4,13H,5-10H2,(H,23,24,25)(H,26,27,28). The lowest BCUT2D eigenvalue weighted by atomic mass is 10.2. The smallest absolute Gasteiger partial charge is 0.347 e. The molecular formula is C16H19NO14S2. The lowest BCUT2D eigenvalue weighted by Crippen LogP contribution is -2.33. The van der Waals surface area contributed by atoms with Crippen molar-refractivity contribution in [3.8, 4) is 0 Å². The molecule has 33 heavy (non-hydrogen) atoms. The van der Waals surface area contributed by atoms with Gasteiger partial charge in [-0.2, -0.15) is 16.8 Å². The van der Waals surface area contributed by atoms with Crippen LogP contribution in [-0.4, -0.2) is 73.0 Å². The number of hydrogen-bond donors (Lipinski definition) is 2. The first-order chi connectivity index (χ1) is 15.2. The van der Waals surface area contributed by atoms with E-state index in [9.17, 15) is 41.3 Å². The van der Waals surface area contributed by atoms with E-state index in [2.05, 4.69) is 9.47 Å². The molecule has 0 spiro atoms. The van der Waals surface area contributed by atoms with Crippen molar-refractivity contribution in [2.24, 2.45) is 0 Å². The highest BCUT2D eigenvalue weighted by atomic mass is 32.2. The Bertz CT molecular complexity index is 1100. The van der Waals surface area contributed by atoms with Gasteiger partial charge < -0.3 is 14.2 Å². The van der Waals surface area contributed by atoms with Gasteiger partial charge in [0.15, 0.2) is 11.9 Å². The molecule has 1 aromatic rings. The third-order valence-electron chi connectivity index (χ3n) is 3.61. The zero-order chi connectivity index (χ0) is 25.2. The van der Waals surface area contributed by atoms with Crippen molar-refractivity contribution in [1.29, 1.82) is 0 Å². The summed E-state index contributed by atoms with van der Waals surface area (Å²) in [5.41, 5.74) is -0.221. The van der Waals surface area contributed by atoms with Crippen molar-refractivity contribution < 1.29 is 59.5 Å². The number of nitrogens with zero attached hydrogens (tertiary/aromatic N) is 1. The number of nitro benzene ring substituents is 1. The normalized spacial score (nSPS) is 12.4. The molecule has 1 rings (SSSR count). The first kappa shape index (κ1) is 27.9. The van der Waals surface area contributed by atoms with Crippen molar-refractivity contribution in [2.45, 2.75) is 25.6 Å². The molecule has 1 atom stereocenters. The van der Waals surface area contributed by atoms with Crippen LogP contribution >= 0.6 is 0 Å². The minimum absolute atomic E-state index is 0.0802. The van der Waals surface area contributed by atoms with Crippen molar-refractivity contribution in [2.75, 3.05) is 18.1 Å². The van der Waals surface area contributed by atoms with Crippen molar-refractivity contribution >= 4 is 43.8 Å². The van der Waals surface area contributed by atoms with Gasteiger partial charge in [-0.15, -0.1) is 0 Å². The fourth-order valence-corrected chi connectivity index (χ4v) is 2.86. The topological polar surface area (TPSA) is 231 Å². The Morgan fingerprint density at radius 2 is 1.64 bits per heavy atom. The average Bonchev–Trinajstić information content (AvgIpc) is 2.67. The summed E-state index contributed by atoms with van der Waals surface area (Å²) in [7, 11) is -9.28. The Hall–Kier alpha value is -3.15. The van der Waals surface area contributed by atoms with Crippen molar-refractivity contribution in [1.82, 2.24) is 0 Å². The van der Waals surface area contributed by atoms with E-state index < -0.39 is 86.7 Å². The molecule has 17 heteroatoms. The van der Waals surface area contributed by atoms with Crippen LogP contribution in [0.3, 0.4) is 0 Å². The molecule has 1 aromatic carbocycles. The summed E-state index contributed by atoms with van der Waals surface area (Å²) in [5.74, 6) is -6.40. The second-order valence-corrected chi connectivity index (χ2v) is 9.27. The number of ether oxygens (including phenoxy) is 3. The average molecular weight is 513 g/mol. The summed E-state index contributed by atoms with van der Waals surface area (Å²) < 4.78 is 74.1. The molecule has 0 aliphatic heterocycles. The van der Waals surface area contributed by atoms with E-state index >= 15 is 0 Å². The maximum Gasteiger partial charge on any atom is 0.347 e. The number of carbonyl (C=O) groups excluding carboxylic acids is 3.